The van der Waals surface area contributed by atoms with Crippen molar-refractivity contribution in [2.24, 2.45) is 0 Å². The van der Waals surface area contributed by atoms with Gasteiger partial charge >= 0.3 is 191 Å². The van der Waals surface area contributed by atoms with Gasteiger partial charge in [-0.2, -0.15) is 0 Å². The van der Waals surface area contributed by atoms with E-state index in [0.717, 1.165) is 0 Å². The molecule has 0 bridgehead atoms. The molecule has 1 unspecified atom stereocenters. The van der Waals surface area contributed by atoms with Crippen LogP contribution in [0, 0.1) is 0 Å². The van der Waals surface area contributed by atoms with E-state index in [4.69, 9.17) is 0 Å². The first-order valence-electron chi connectivity index (χ1n) is 10.3. The van der Waals surface area contributed by atoms with Crippen LogP contribution in [-0.2, 0) is 20.4 Å². The average Bonchev–Trinajstić information content (AvgIpc) is 3.14. The van der Waals surface area contributed by atoms with Gasteiger partial charge in [0.1, 0.15) is 0 Å². The van der Waals surface area contributed by atoms with Crippen molar-refractivity contribution < 1.29 is 20.4 Å². The van der Waals surface area contributed by atoms with Crippen LogP contribution in [0.1, 0.15) is 28.2 Å². The van der Waals surface area contributed by atoms with Gasteiger partial charge in [-0.15, -0.1) is 37.2 Å². The molecule has 1 aliphatic rings. The van der Waals surface area contributed by atoms with E-state index in [1.54, 1.807) is 0 Å². The maximum atomic E-state index is 2.30. The fraction of sp³-hybridized carbons (Fsp3) is 0.0345. The normalized spacial score (nSPS) is 14.7. The molecular weight excluding hydrogens is 503 g/mol. The van der Waals surface area contributed by atoms with Crippen LogP contribution >= 0.6 is 37.2 Å². The van der Waals surface area contributed by atoms with Crippen molar-refractivity contribution in [1.29, 1.82) is 0 Å². The van der Waals surface area contributed by atoms with Crippen molar-refractivity contribution in [3.05, 3.63) is 147 Å². The van der Waals surface area contributed by atoms with Crippen LogP contribution in [0.15, 0.2) is 125 Å². The predicted molar refractivity (Wildman–Crippen MR) is 144 cm³/mol. The number of rotatable bonds is 4. The van der Waals surface area contributed by atoms with Gasteiger partial charge in [-0.05, 0) is 0 Å². The molecule has 0 spiro atoms. The van der Waals surface area contributed by atoms with Crippen LogP contribution in [0.2, 0.25) is 0 Å². The Hall–Kier alpha value is -2.06. The van der Waals surface area contributed by atoms with Crippen LogP contribution < -0.4 is 0 Å². The fourth-order valence-electron chi connectivity index (χ4n) is 4.42. The molecule has 4 aromatic rings. The van der Waals surface area contributed by atoms with Crippen molar-refractivity contribution >= 4 is 53.9 Å². The first-order valence-corrected chi connectivity index (χ1v) is 11.0. The van der Waals surface area contributed by atoms with Crippen molar-refractivity contribution in [2.75, 3.05) is 0 Å². The molecule has 0 radical (unpaired) electrons. The summed E-state index contributed by atoms with van der Waals surface area (Å²) in [6.07, 6.45) is 0. The third-order valence-electron chi connectivity index (χ3n) is 5.71. The number of benzene rings is 4. The van der Waals surface area contributed by atoms with Gasteiger partial charge in [0.25, 0.3) is 0 Å². The second kappa shape index (κ2) is 12.4. The fourth-order valence-corrected chi connectivity index (χ4v) is 5.33. The maximum absolute atomic E-state index is 2.30. The van der Waals surface area contributed by atoms with Crippen LogP contribution in [0.4, 0.5) is 0 Å². The number of hydrogen-bond donors (Lipinski definition) is 0. The molecule has 1 atom stereocenters. The molecule has 4 aromatic carbocycles. The van der Waals surface area contributed by atoms with Crippen molar-refractivity contribution in [3.8, 4) is 0 Å². The third kappa shape index (κ3) is 5.38. The van der Waals surface area contributed by atoms with Gasteiger partial charge in [0.05, 0.1) is 0 Å². The molecule has 0 heterocycles. The molecule has 5 rings (SSSR count). The summed E-state index contributed by atoms with van der Waals surface area (Å²) in [4.78, 5) is 0. The zero-order valence-electron chi connectivity index (χ0n) is 17.8. The van der Waals surface area contributed by atoms with Gasteiger partial charge in [0.15, 0.2) is 0 Å². The summed E-state index contributed by atoms with van der Waals surface area (Å²) in [5.41, 5.74) is 9.27. The topological polar surface area (TPSA) is 0 Å². The molecule has 0 aromatic heterocycles. The Bertz CT molecular complexity index is 1220. The second-order valence-electron chi connectivity index (χ2n) is 7.52. The minimum atomic E-state index is 0. The Balaban J connectivity index is 0.00000128. The van der Waals surface area contributed by atoms with Crippen molar-refractivity contribution in [1.82, 2.24) is 0 Å². The first-order chi connectivity index (χ1) is 14.8. The summed E-state index contributed by atoms with van der Waals surface area (Å²) < 4.78 is 1.41. The van der Waals surface area contributed by atoms with Gasteiger partial charge in [-0.3, -0.25) is 0 Å². The van der Waals surface area contributed by atoms with E-state index in [2.05, 4.69) is 142 Å². The Labute approximate surface area is 226 Å². The van der Waals surface area contributed by atoms with E-state index < -0.39 is 0 Å². The summed E-state index contributed by atoms with van der Waals surface area (Å²) in [6, 6.07) is 43.4. The van der Waals surface area contributed by atoms with Gasteiger partial charge < -0.3 is 0 Å². The minimum absolute atomic E-state index is 0. The summed E-state index contributed by atoms with van der Waals surface area (Å²) >= 11 is 2.30. The number of halogens is 3. The van der Waals surface area contributed by atoms with E-state index in [-0.39, 0.29) is 43.1 Å². The molecule has 4 heteroatoms. The second-order valence-corrected chi connectivity index (χ2v) is 8.36. The monoisotopic (exact) mass is 525 g/mol. The van der Waals surface area contributed by atoms with E-state index in [0.29, 0.717) is 0 Å². The molecule has 0 nitrogen and oxygen atoms in total. The van der Waals surface area contributed by atoms with Gasteiger partial charge in [0.2, 0.25) is 0 Å². The van der Waals surface area contributed by atoms with Crippen molar-refractivity contribution in [2.45, 2.75) is 5.92 Å². The Morgan fingerprint density at radius 2 is 0.788 bits per heavy atom. The van der Waals surface area contributed by atoms with E-state index >= 15 is 0 Å². The summed E-state index contributed by atoms with van der Waals surface area (Å²) in [7, 11) is 0. The first kappa shape index (κ1) is 27.2. The van der Waals surface area contributed by atoms with Crippen LogP contribution in [0.3, 0.4) is 0 Å². The zero-order valence-corrected chi connectivity index (χ0v) is 21.9. The molecule has 0 saturated carbocycles. The molecule has 1 aliphatic carbocycles. The van der Waals surface area contributed by atoms with E-state index in [1.807, 2.05) is 0 Å². The number of allylic oxidation sites excluding steroid dienone is 4. The SMILES string of the molecule is Cl.Cl.Cl.[Ti][C]1=C(c2ccccc2)C(c2ccccc2)=C(c2ccccc2)C1c1ccccc1. The van der Waals surface area contributed by atoms with Crippen LogP contribution in [0.25, 0.3) is 16.7 Å². The Kier molecular flexibility index (Phi) is 10.2. The molecule has 0 aliphatic heterocycles. The van der Waals surface area contributed by atoms with Crippen LogP contribution in [0.5, 0.6) is 0 Å². The standard InChI is InChI=1S/C29H21.3ClH.Ti/c1-5-13-22(14-6-1)26-21-27(23-15-7-2-8-16-23)29(25-19-11-4-12-20-25)28(26)24-17-9-3-10-18-24;;;;/h1-20,26H;3*1H;. The van der Waals surface area contributed by atoms with E-state index in [1.165, 1.54) is 42.9 Å². The molecule has 0 N–H and O–H groups in total. The molecule has 0 amide bonds. The summed E-state index contributed by atoms with van der Waals surface area (Å²) in [5, 5.41) is 0. The quantitative estimate of drug-likeness (QED) is 0.234. The molecule has 165 valence electrons. The third-order valence-corrected chi connectivity index (χ3v) is 6.55. The Morgan fingerprint density at radius 1 is 0.424 bits per heavy atom. The average molecular weight is 527 g/mol. The molecular formula is C29H24Cl3Ti. The zero-order chi connectivity index (χ0) is 20.3. The molecule has 0 fully saturated rings. The number of hydrogen-bond acceptors (Lipinski definition) is 0. The predicted octanol–water partition coefficient (Wildman–Crippen LogP) is 8.62. The van der Waals surface area contributed by atoms with Crippen LogP contribution in [-0.4, -0.2) is 0 Å². The molecule has 33 heavy (non-hydrogen) atoms. The summed E-state index contributed by atoms with van der Waals surface area (Å²) in [5.74, 6) is 0.235. The van der Waals surface area contributed by atoms with Gasteiger partial charge in [-0.25, -0.2) is 0 Å². The summed E-state index contributed by atoms with van der Waals surface area (Å²) in [6.45, 7) is 0. The Morgan fingerprint density at radius 3 is 1.24 bits per heavy atom. The molecule has 0 saturated heterocycles. The van der Waals surface area contributed by atoms with Gasteiger partial charge in [-0.1, -0.05) is 0 Å². The van der Waals surface area contributed by atoms with Gasteiger partial charge in [0, 0.05) is 0 Å². The van der Waals surface area contributed by atoms with Crippen molar-refractivity contribution in [3.63, 3.8) is 0 Å². The van der Waals surface area contributed by atoms with E-state index in [9.17, 15) is 0 Å².